The highest BCUT2D eigenvalue weighted by Crippen LogP contribution is 2.15. The van der Waals surface area contributed by atoms with Gasteiger partial charge in [0.25, 0.3) is 0 Å². The Kier molecular flexibility index (Phi) is 4.29. The van der Waals surface area contributed by atoms with Gasteiger partial charge in [-0.15, -0.1) is 5.10 Å². The zero-order valence-corrected chi connectivity index (χ0v) is 10.2. The SMILES string of the molecule is NCc1cn(Cc2nc(COCC(F)(F)F)no2)nn1. The molecule has 0 spiro atoms. The Hall–Kier alpha value is -2.01. The molecule has 8 nitrogen and oxygen atoms in total. The Morgan fingerprint density at radius 2 is 2.20 bits per heavy atom. The first-order valence-electron chi connectivity index (χ1n) is 5.51. The van der Waals surface area contributed by atoms with Crippen LogP contribution >= 0.6 is 0 Å². The summed E-state index contributed by atoms with van der Waals surface area (Å²) in [4.78, 5) is 3.87. The topological polar surface area (TPSA) is 105 Å². The first-order chi connectivity index (χ1) is 9.46. The molecule has 0 aliphatic carbocycles. The minimum absolute atomic E-state index is 0.0309. The molecule has 2 aromatic heterocycles. The van der Waals surface area contributed by atoms with Crippen LogP contribution in [0, 0.1) is 0 Å². The van der Waals surface area contributed by atoms with Gasteiger partial charge in [0.15, 0.2) is 5.82 Å². The van der Waals surface area contributed by atoms with Gasteiger partial charge in [-0.2, -0.15) is 18.2 Å². The largest absolute Gasteiger partial charge is 0.411 e. The van der Waals surface area contributed by atoms with Gasteiger partial charge in [-0.1, -0.05) is 10.4 Å². The van der Waals surface area contributed by atoms with Gasteiger partial charge in [0.2, 0.25) is 5.89 Å². The molecule has 0 aliphatic rings. The van der Waals surface area contributed by atoms with Crippen molar-refractivity contribution >= 4 is 0 Å². The normalized spacial score (nSPS) is 12.0. The summed E-state index contributed by atoms with van der Waals surface area (Å²) in [5.41, 5.74) is 5.97. The molecule has 0 aliphatic heterocycles. The lowest BCUT2D eigenvalue weighted by molar-refractivity contribution is -0.177. The first-order valence-corrected chi connectivity index (χ1v) is 5.51. The second-order valence-corrected chi connectivity index (χ2v) is 3.82. The van der Waals surface area contributed by atoms with Crippen molar-refractivity contribution in [3.05, 3.63) is 23.6 Å². The number of hydrogen-bond acceptors (Lipinski definition) is 7. The van der Waals surface area contributed by atoms with Crippen molar-refractivity contribution in [3.63, 3.8) is 0 Å². The van der Waals surface area contributed by atoms with Crippen LogP contribution in [0.15, 0.2) is 10.7 Å². The van der Waals surface area contributed by atoms with Crippen molar-refractivity contribution in [1.82, 2.24) is 25.1 Å². The fourth-order valence-electron chi connectivity index (χ4n) is 1.32. The summed E-state index contributed by atoms with van der Waals surface area (Å²) in [7, 11) is 0. The number of ether oxygens (including phenoxy) is 1. The third-order valence-corrected chi connectivity index (χ3v) is 2.10. The van der Waals surface area contributed by atoms with E-state index in [-0.39, 0.29) is 31.4 Å². The van der Waals surface area contributed by atoms with E-state index in [0.717, 1.165) is 0 Å². The van der Waals surface area contributed by atoms with E-state index in [1.807, 2.05) is 0 Å². The van der Waals surface area contributed by atoms with Crippen LogP contribution in [0.3, 0.4) is 0 Å². The van der Waals surface area contributed by atoms with Crippen LogP contribution in [0.4, 0.5) is 13.2 Å². The van der Waals surface area contributed by atoms with Gasteiger partial charge in [-0.05, 0) is 0 Å². The average Bonchev–Trinajstić information content (AvgIpc) is 2.98. The van der Waals surface area contributed by atoms with E-state index < -0.39 is 12.8 Å². The Bertz CT molecular complexity index is 552. The maximum atomic E-state index is 11.9. The highest BCUT2D eigenvalue weighted by molar-refractivity contribution is 4.93. The lowest BCUT2D eigenvalue weighted by Crippen LogP contribution is -2.17. The highest BCUT2D eigenvalue weighted by atomic mass is 19.4. The maximum Gasteiger partial charge on any atom is 0.411 e. The number of alkyl halides is 3. The summed E-state index contributed by atoms with van der Waals surface area (Å²) in [6.45, 7) is -1.34. The minimum Gasteiger partial charge on any atom is -0.364 e. The van der Waals surface area contributed by atoms with Crippen LogP contribution in [-0.4, -0.2) is 37.9 Å². The van der Waals surface area contributed by atoms with E-state index in [1.165, 1.54) is 4.68 Å². The molecule has 0 fully saturated rings. The molecule has 20 heavy (non-hydrogen) atoms. The number of hydrogen-bond donors (Lipinski definition) is 1. The van der Waals surface area contributed by atoms with Crippen LogP contribution < -0.4 is 5.73 Å². The molecule has 0 amide bonds. The number of halogens is 3. The van der Waals surface area contributed by atoms with Crippen LogP contribution in [-0.2, 0) is 24.4 Å². The third-order valence-electron chi connectivity index (χ3n) is 2.10. The summed E-state index contributed by atoms with van der Waals surface area (Å²) in [5, 5.41) is 11.0. The molecule has 0 atom stereocenters. The molecule has 0 saturated heterocycles. The summed E-state index contributed by atoms with van der Waals surface area (Å²) < 4.78 is 46.3. The van der Waals surface area contributed by atoms with E-state index in [2.05, 4.69) is 25.2 Å². The number of aromatic nitrogens is 5. The van der Waals surface area contributed by atoms with Crippen molar-refractivity contribution < 1.29 is 22.4 Å². The Morgan fingerprint density at radius 1 is 1.40 bits per heavy atom. The van der Waals surface area contributed by atoms with Gasteiger partial charge in [0.05, 0.1) is 11.9 Å². The second-order valence-electron chi connectivity index (χ2n) is 3.82. The fourth-order valence-corrected chi connectivity index (χ4v) is 1.32. The number of nitrogens with two attached hydrogens (primary N) is 1. The van der Waals surface area contributed by atoms with E-state index in [0.29, 0.717) is 5.69 Å². The van der Waals surface area contributed by atoms with Gasteiger partial charge in [0, 0.05) is 6.54 Å². The van der Waals surface area contributed by atoms with Crippen molar-refractivity contribution in [2.75, 3.05) is 6.61 Å². The quantitative estimate of drug-likeness (QED) is 0.813. The zero-order valence-electron chi connectivity index (χ0n) is 10.2. The summed E-state index contributed by atoms with van der Waals surface area (Å²) in [6.07, 6.45) is -2.78. The lowest BCUT2D eigenvalue weighted by Gasteiger charge is -2.04. The van der Waals surface area contributed by atoms with Gasteiger partial charge in [-0.3, -0.25) is 0 Å². The van der Waals surface area contributed by atoms with E-state index in [4.69, 9.17) is 10.3 Å². The monoisotopic (exact) mass is 292 g/mol. The lowest BCUT2D eigenvalue weighted by atomic mass is 10.5. The minimum atomic E-state index is -4.38. The molecule has 0 radical (unpaired) electrons. The Balaban J connectivity index is 1.85. The first kappa shape index (κ1) is 14.4. The molecule has 110 valence electrons. The fraction of sp³-hybridized carbons (Fsp3) is 0.556. The zero-order chi connectivity index (χ0) is 14.6. The van der Waals surface area contributed by atoms with Crippen LogP contribution in [0.25, 0.3) is 0 Å². The Morgan fingerprint density at radius 3 is 2.85 bits per heavy atom. The molecule has 2 rings (SSSR count). The van der Waals surface area contributed by atoms with Crippen molar-refractivity contribution in [2.24, 2.45) is 5.73 Å². The van der Waals surface area contributed by atoms with Gasteiger partial charge >= 0.3 is 6.18 Å². The van der Waals surface area contributed by atoms with Gasteiger partial charge < -0.3 is 15.0 Å². The Labute approximate surface area is 110 Å². The summed E-state index contributed by atoms with van der Waals surface area (Å²) >= 11 is 0. The molecule has 2 N–H and O–H groups in total. The molecule has 0 unspecified atom stereocenters. The van der Waals surface area contributed by atoms with Crippen LogP contribution in [0.5, 0.6) is 0 Å². The smallest absolute Gasteiger partial charge is 0.364 e. The van der Waals surface area contributed by atoms with Crippen molar-refractivity contribution in [1.29, 1.82) is 0 Å². The molecule has 2 heterocycles. The number of nitrogens with zero attached hydrogens (tertiary/aromatic N) is 5. The molecule has 2 aromatic rings. The van der Waals surface area contributed by atoms with E-state index >= 15 is 0 Å². The summed E-state index contributed by atoms with van der Waals surface area (Å²) in [5.74, 6) is 0.215. The van der Waals surface area contributed by atoms with Crippen molar-refractivity contribution in [3.8, 4) is 0 Å². The molecular weight excluding hydrogens is 281 g/mol. The summed E-state index contributed by atoms with van der Waals surface area (Å²) in [6, 6.07) is 0. The van der Waals surface area contributed by atoms with E-state index in [1.54, 1.807) is 6.20 Å². The van der Waals surface area contributed by atoms with Crippen LogP contribution in [0.1, 0.15) is 17.4 Å². The molecule has 0 saturated carbocycles. The molecular formula is C9H11F3N6O2. The standard InChI is InChI=1S/C9H11F3N6O2/c10-9(11,12)5-19-4-7-14-8(20-16-7)3-18-2-6(1-13)15-17-18/h2H,1,3-5,13H2. The molecule has 0 bridgehead atoms. The van der Waals surface area contributed by atoms with Gasteiger partial charge in [0.1, 0.15) is 19.8 Å². The predicted molar refractivity (Wildman–Crippen MR) is 57.0 cm³/mol. The third kappa shape index (κ3) is 4.28. The maximum absolute atomic E-state index is 11.9. The average molecular weight is 292 g/mol. The predicted octanol–water partition coefficient (Wildman–Crippen LogP) is 0.247. The molecule has 0 aromatic carbocycles. The molecule has 11 heteroatoms. The highest BCUT2D eigenvalue weighted by Gasteiger charge is 2.27. The second kappa shape index (κ2) is 5.96. The van der Waals surface area contributed by atoms with Gasteiger partial charge in [-0.25, -0.2) is 4.68 Å². The van der Waals surface area contributed by atoms with Crippen LogP contribution in [0.2, 0.25) is 0 Å². The van der Waals surface area contributed by atoms with E-state index in [9.17, 15) is 13.2 Å². The number of rotatable bonds is 6. The van der Waals surface area contributed by atoms with Crippen molar-refractivity contribution in [2.45, 2.75) is 25.9 Å².